The maximum absolute atomic E-state index is 6.19. The molecule has 0 spiro atoms. The van der Waals surface area contributed by atoms with Gasteiger partial charge in [0, 0.05) is 17.6 Å². The van der Waals surface area contributed by atoms with Crippen LogP contribution in [0.1, 0.15) is 51.1 Å². The van der Waals surface area contributed by atoms with Gasteiger partial charge in [0.1, 0.15) is 12.4 Å². The second-order valence-corrected chi connectivity index (χ2v) is 6.00. The second kappa shape index (κ2) is 8.40. The molecule has 1 aromatic carbocycles. The van der Waals surface area contributed by atoms with E-state index >= 15 is 0 Å². The van der Waals surface area contributed by atoms with E-state index in [0.717, 1.165) is 25.3 Å². The summed E-state index contributed by atoms with van der Waals surface area (Å²) in [6, 6.07) is 9.42. The molecule has 21 heavy (non-hydrogen) atoms. The van der Waals surface area contributed by atoms with Crippen molar-refractivity contribution in [2.45, 2.75) is 51.6 Å². The molecule has 0 amide bonds. The predicted octanol–water partition coefficient (Wildman–Crippen LogP) is 3.61. The van der Waals surface area contributed by atoms with Crippen LogP contribution in [0, 0.1) is 0 Å². The summed E-state index contributed by atoms with van der Waals surface area (Å²) in [4.78, 5) is 2.44. The fourth-order valence-electron chi connectivity index (χ4n) is 3.16. The Balaban J connectivity index is 2.02. The second-order valence-electron chi connectivity index (χ2n) is 6.00. The third-order valence-corrected chi connectivity index (χ3v) is 4.51. The van der Waals surface area contributed by atoms with Gasteiger partial charge in [0.15, 0.2) is 0 Å². The zero-order valence-corrected chi connectivity index (χ0v) is 13.8. The molecule has 1 N–H and O–H groups in total. The van der Waals surface area contributed by atoms with Gasteiger partial charge in [-0.15, -0.1) is 0 Å². The molecule has 0 radical (unpaired) electrons. The SMILES string of the molecule is CCNC(CC)c1ccccc1OCC1CCCCN1C. The summed E-state index contributed by atoms with van der Waals surface area (Å²) >= 11 is 0. The van der Waals surface area contributed by atoms with Crippen LogP contribution in [-0.2, 0) is 0 Å². The van der Waals surface area contributed by atoms with Gasteiger partial charge >= 0.3 is 0 Å². The molecule has 1 aromatic rings. The number of hydrogen-bond donors (Lipinski definition) is 1. The molecule has 118 valence electrons. The lowest BCUT2D eigenvalue weighted by atomic mass is 10.0. The minimum Gasteiger partial charge on any atom is -0.492 e. The first-order chi connectivity index (χ1) is 10.3. The van der Waals surface area contributed by atoms with Gasteiger partial charge in [-0.25, -0.2) is 0 Å². The first-order valence-electron chi connectivity index (χ1n) is 8.41. The van der Waals surface area contributed by atoms with Gasteiger partial charge in [0.05, 0.1) is 0 Å². The van der Waals surface area contributed by atoms with Crippen molar-refractivity contribution in [1.29, 1.82) is 0 Å². The van der Waals surface area contributed by atoms with Crippen molar-refractivity contribution in [1.82, 2.24) is 10.2 Å². The standard InChI is InChI=1S/C18H30N2O/c1-4-17(19-5-2)16-11-6-7-12-18(16)21-14-15-10-8-9-13-20(15)3/h6-7,11-12,15,17,19H,4-5,8-10,13-14H2,1-3H3. The van der Waals surface area contributed by atoms with Crippen molar-refractivity contribution in [3.8, 4) is 5.75 Å². The van der Waals surface area contributed by atoms with E-state index in [2.05, 4.69) is 55.4 Å². The van der Waals surface area contributed by atoms with E-state index < -0.39 is 0 Å². The number of para-hydroxylation sites is 1. The van der Waals surface area contributed by atoms with Crippen LogP contribution >= 0.6 is 0 Å². The summed E-state index contributed by atoms with van der Waals surface area (Å²) in [7, 11) is 2.21. The summed E-state index contributed by atoms with van der Waals surface area (Å²) < 4.78 is 6.19. The first kappa shape index (κ1) is 16.3. The molecule has 2 atom stereocenters. The van der Waals surface area contributed by atoms with Crippen LogP contribution in [0.2, 0.25) is 0 Å². The molecule has 3 nitrogen and oxygen atoms in total. The number of likely N-dealkylation sites (N-methyl/N-ethyl adjacent to an activating group) is 1. The van der Waals surface area contributed by atoms with Gasteiger partial charge in [-0.2, -0.15) is 0 Å². The fraction of sp³-hybridized carbons (Fsp3) is 0.667. The molecule has 1 aliphatic heterocycles. The normalized spacial score (nSPS) is 21.2. The minimum absolute atomic E-state index is 0.385. The molecule has 0 saturated carbocycles. The molecule has 0 aromatic heterocycles. The lowest BCUT2D eigenvalue weighted by molar-refractivity contribution is 0.124. The van der Waals surface area contributed by atoms with Gasteiger partial charge in [-0.3, -0.25) is 0 Å². The van der Waals surface area contributed by atoms with Gasteiger partial charge in [-0.1, -0.05) is 38.5 Å². The Morgan fingerprint density at radius 1 is 1.29 bits per heavy atom. The van der Waals surface area contributed by atoms with Crippen LogP contribution in [0.4, 0.5) is 0 Å². The zero-order chi connectivity index (χ0) is 15.1. The molecular weight excluding hydrogens is 260 g/mol. The van der Waals surface area contributed by atoms with Crippen LogP contribution in [0.25, 0.3) is 0 Å². The van der Waals surface area contributed by atoms with E-state index in [1.165, 1.54) is 31.4 Å². The molecule has 0 aliphatic carbocycles. The molecule has 0 bridgehead atoms. The smallest absolute Gasteiger partial charge is 0.124 e. The highest BCUT2D eigenvalue weighted by Crippen LogP contribution is 2.28. The number of nitrogens with one attached hydrogen (secondary N) is 1. The Kier molecular flexibility index (Phi) is 6.52. The Bertz CT molecular complexity index is 421. The molecular formula is C18H30N2O. The Labute approximate surface area is 129 Å². The van der Waals surface area contributed by atoms with Crippen LogP contribution in [0.15, 0.2) is 24.3 Å². The van der Waals surface area contributed by atoms with Crippen molar-refractivity contribution in [3.63, 3.8) is 0 Å². The number of piperidine rings is 1. The Morgan fingerprint density at radius 3 is 2.81 bits per heavy atom. The lowest BCUT2D eigenvalue weighted by Crippen LogP contribution is -2.40. The maximum Gasteiger partial charge on any atom is 0.124 e. The molecule has 2 rings (SSSR count). The highest BCUT2D eigenvalue weighted by atomic mass is 16.5. The van der Waals surface area contributed by atoms with Gasteiger partial charge < -0.3 is 15.0 Å². The van der Waals surface area contributed by atoms with Crippen molar-refractivity contribution >= 4 is 0 Å². The minimum atomic E-state index is 0.385. The van der Waals surface area contributed by atoms with Gasteiger partial charge in [0.25, 0.3) is 0 Å². The zero-order valence-electron chi connectivity index (χ0n) is 13.8. The van der Waals surface area contributed by atoms with Crippen molar-refractivity contribution in [2.75, 3.05) is 26.7 Å². The van der Waals surface area contributed by atoms with Crippen LogP contribution in [-0.4, -0.2) is 37.7 Å². The molecule has 1 aliphatic rings. The number of likely N-dealkylation sites (tertiary alicyclic amines) is 1. The van der Waals surface area contributed by atoms with Crippen molar-refractivity contribution in [3.05, 3.63) is 29.8 Å². The average molecular weight is 290 g/mol. The number of nitrogens with zero attached hydrogens (tertiary/aromatic N) is 1. The van der Waals surface area contributed by atoms with Crippen LogP contribution < -0.4 is 10.1 Å². The summed E-state index contributed by atoms with van der Waals surface area (Å²) in [5.74, 6) is 1.05. The largest absolute Gasteiger partial charge is 0.492 e. The summed E-state index contributed by atoms with van der Waals surface area (Å²) in [5.41, 5.74) is 1.29. The fourth-order valence-corrected chi connectivity index (χ4v) is 3.16. The summed E-state index contributed by atoms with van der Waals surface area (Å²) in [6.45, 7) is 7.36. The monoisotopic (exact) mass is 290 g/mol. The summed E-state index contributed by atoms with van der Waals surface area (Å²) in [5, 5.41) is 3.55. The number of ether oxygens (including phenoxy) is 1. The van der Waals surface area contributed by atoms with Gasteiger partial charge in [-0.05, 0) is 45.5 Å². The van der Waals surface area contributed by atoms with E-state index in [0.29, 0.717) is 12.1 Å². The van der Waals surface area contributed by atoms with E-state index in [1.54, 1.807) is 0 Å². The Morgan fingerprint density at radius 2 is 2.10 bits per heavy atom. The third kappa shape index (κ3) is 4.45. The Hall–Kier alpha value is -1.06. The molecule has 2 unspecified atom stereocenters. The third-order valence-electron chi connectivity index (χ3n) is 4.51. The molecule has 3 heteroatoms. The van der Waals surface area contributed by atoms with E-state index in [1.807, 2.05) is 0 Å². The summed E-state index contributed by atoms with van der Waals surface area (Å²) in [6.07, 6.45) is 4.98. The molecule has 1 heterocycles. The highest BCUT2D eigenvalue weighted by molar-refractivity contribution is 5.36. The highest BCUT2D eigenvalue weighted by Gasteiger charge is 2.20. The van der Waals surface area contributed by atoms with E-state index in [9.17, 15) is 0 Å². The predicted molar refractivity (Wildman–Crippen MR) is 88.9 cm³/mol. The average Bonchev–Trinajstić information content (AvgIpc) is 2.52. The van der Waals surface area contributed by atoms with E-state index in [4.69, 9.17) is 4.74 Å². The number of hydrogen-bond acceptors (Lipinski definition) is 3. The van der Waals surface area contributed by atoms with Crippen molar-refractivity contribution < 1.29 is 4.74 Å². The van der Waals surface area contributed by atoms with E-state index in [-0.39, 0.29) is 0 Å². The van der Waals surface area contributed by atoms with Crippen LogP contribution in [0.5, 0.6) is 5.75 Å². The lowest BCUT2D eigenvalue weighted by Gasteiger charge is -2.32. The van der Waals surface area contributed by atoms with Gasteiger partial charge in [0.2, 0.25) is 0 Å². The number of benzene rings is 1. The first-order valence-corrected chi connectivity index (χ1v) is 8.41. The molecule has 1 fully saturated rings. The van der Waals surface area contributed by atoms with Crippen LogP contribution in [0.3, 0.4) is 0 Å². The topological polar surface area (TPSA) is 24.5 Å². The number of rotatable bonds is 7. The molecule has 1 saturated heterocycles. The maximum atomic E-state index is 6.19. The van der Waals surface area contributed by atoms with Crippen molar-refractivity contribution in [2.24, 2.45) is 0 Å². The quantitative estimate of drug-likeness (QED) is 0.830.